The first-order valence-corrected chi connectivity index (χ1v) is 9.81. The van der Waals surface area contributed by atoms with Gasteiger partial charge in [-0.2, -0.15) is 0 Å². The van der Waals surface area contributed by atoms with Crippen molar-refractivity contribution in [3.8, 4) is 0 Å². The molecule has 4 nitrogen and oxygen atoms in total. The Morgan fingerprint density at radius 1 is 1.12 bits per heavy atom. The molecule has 0 aromatic carbocycles. The van der Waals surface area contributed by atoms with Gasteiger partial charge in [0.2, 0.25) is 0 Å². The Bertz CT molecular complexity index is 638. The molecule has 0 heterocycles. The SMILES string of the molecule is C[C@@H](O)[C@@]1(O)CC[C@H]2C3=CC=C4C[C@@H](O)CC[C@@]4(C)[C@@H]3[C@@H](O)C[C@@]21C. The van der Waals surface area contributed by atoms with Crippen LogP contribution >= 0.6 is 0 Å². The normalized spacial score (nSPS) is 53.2. The van der Waals surface area contributed by atoms with Gasteiger partial charge in [-0.25, -0.2) is 0 Å². The fourth-order valence-electron chi connectivity index (χ4n) is 6.84. The van der Waals surface area contributed by atoms with Gasteiger partial charge in [0, 0.05) is 11.3 Å². The lowest BCUT2D eigenvalue weighted by atomic mass is 9.49. The molecule has 0 radical (unpaired) electrons. The zero-order valence-electron chi connectivity index (χ0n) is 15.6. The fourth-order valence-corrected chi connectivity index (χ4v) is 6.84. The summed E-state index contributed by atoms with van der Waals surface area (Å²) in [6, 6.07) is 0. The van der Waals surface area contributed by atoms with Gasteiger partial charge in [-0.1, -0.05) is 37.1 Å². The molecule has 4 aliphatic rings. The molecule has 0 amide bonds. The second-order valence-electron chi connectivity index (χ2n) is 9.53. The summed E-state index contributed by atoms with van der Waals surface area (Å²) in [7, 11) is 0. The molecule has 0 aliphatic heterocycles. The largest absolute Gasteiger partial charge is 0.393 e. The van der Waals surface area contributed by atoms with Crippen LogP contribution in [0.2, 0.25) is 0 Å². The quantitative estimate of drug-likeness (QED) is 0.586. The molecule has 140 valence electrons. The number of hydrogen-bond acceptors (Lipinski definition) is 4. The van der Waals surface area contributed by atoms with Gasteiger partial charge in [0.15, 0.2) is 0 Å². The lowest BCUT2D eigenvalue weighted by molar-refractivity contribution is -0.166. The molecule has 0 bridgehead atoms. The highest BCUT2D eigenvalue weighted by molar-refractivity contribution is 5.41. The number of hydrogen-bond donors (Lipinski definition) is 4. The molecule has 0 saturated heterocycles. The van der Waals surface area contributed by atoms with E-state index in [1.807, 2.05) is 6.92 Å². The first kappa shape index (κ1) is 17.7. The van der Waals surface area contributed by atoms with Gasteiger partial charge >= 0.3 is 0 Å². The molecular formula is C21H32O4. The first-order valence-electron chi connectivity index (χ1n) is 9.81. The first-order chi connectivity index (χ1) is 11.6. The number of aliphatic hydroxyl groups excluding tert-OH is 3. The summed E-state index contributed by atoms with van der Waals surface area (Å²) < 4.78 is 0. The molecule has 0 spiro atoms. The van der Waals surface area contributed by atoms with E-state index in [2.05, 4.69) is 19.1 Å². The van der Waals surface area contributed by atoms with E-state index in [1.165, 1.54) is 11.1 Å². The van der Waals surface area contributed by atoms with Crippen LogP contribution in [0.1, 0.15) is 59.3 Å². The van der Waals surface area contributed by atoms with Crippen molar-refractivity contribution in [1.82, 2.24) is 0 Å². The van der Waals surface area contributed by atoms with Crippen LogP contribution in [0, 0.1) is 22.7 Å². The highest BCUT2D eigenvalue weighted by atomic mass is 16.3. The van der Waals surface area contributed by atoms with Crippen LogP contribution < -0.4 is 0 Å². The zero-order valence-corrected chi connectivity index (χ0v) is 15.6. The Morgan fingerprint density at radius 3 is 2.52 bits per heavy atom. The van der Waals surface area contributed by atoms with Gasteiger partial charge in [0.05, 0.1) is 23.9 Å². The Labute approximate surface area is 150 Å². The third-order valence-corrected chi connectivity index (χ3v) is 8.39. The van der Waals surface area contributed by atoms with Crippen LogP contribution in [0.25, 0.3) is 0 Å². The van der Waals surface area contributed by atoms with E-state index in [0.717, 1.165) is 19.3 Å². The van der Waals surface area contributed by atoms with Gasteiger partial charge in [-0.05, 0) is 56.8 Å². The molecule has 4 heteroatoms. The van der Waals surface area contributed by atoms with E-state index in [1.54, 1.807) is 6.92 Å². The van der Waals surface area contributed by atoms with Crippen molar-refractivity contribution in [2.24, 2.45) is 22.7 Å². The van der Waals surface area contributed by atoms with Gasteiger partial charge < -0.3 is 20.4 Å². The molecule has 0 aromatic heterocycles. The van der Waals surface area contributed by atoms with Crippen molar-refractivity contribution in [3.05, 3.63) is 23.3 Å². The number of fused-ring (bicyclic) bond motifs is 5. The molecule has 25 heavy (non-hydrogen) atoms. The van der Waals surface area contributed by atoms with Gasteiger partial charge in [-0.15, -0.1) is 0 Å². The van der Waals surface area contributed by atoms with Crippen LogP contribution in [0.5, 0.6) is 0 Å². The van der Waals surface area contributed by atoms with Gasteiger partial charge in [0.25, 0.3) is 0 Å². The van der Waals surface area contributed by atoms with Crippen LogP contribution in [0.15, 0.2) is 23.3 Å². The third-order valence-electron chi connectivity index (χ3n) is 8.39. The predicted molar refractivity (Wildman–Crippen MR) is 95.7 cm³/mol. The molecule has 0 unspecified atom stereocenters. The summed E-state index contributed by atoms with van der Waals surface area (Å²) in [6.07, 6.45) is 7.03. The summed E-state index contributed by atoms with van der Waals surface area (Å²) in [5.74, 6) is 0.261. The van der Waals surface area contributed by atoms with E-state index < -0.39 is 23.2 Å². The lowest BCUT2D eigenvalue weighted by Gasteiger charge is -2.58. The van der Waals surface area contributed by atoms with E-state index in [9.17, 15) is 20.4 Å². The molecule has 8 atom stereocenters. The average molecular weight is 348 g/mol. The molecule has 4 rings (SSSR count). The van der Waals surface area contributed by atoms with E-state index in [-0.39, 0.29) is 23.4 Å². The third kappa shape index (κ3) is 2.14. The van der Waals surface area contributed by atoms with Crippen LogP contribution in [0.4, 0.5) is 0 Å². The Hall–Kier alpha value is -0.680. The molecule has 4 aliphatic carbocycles. The minimum absolute atomic E-state index is 0.0643. The Morgan fingerprint density at radius 2 is 1.84 bits per heavy atom. The van der Waals surface area contributed by atoms with Crippen LogP contribution in [-0.2, 0) is 0 Å². The van der Waals surface area contributed by atoms with E-state index in [0.29, 0.717) is 19.3 Å². The van der Waals surface area contributed by atoms with E-state index >= 15 is 0 Å². The van der Waals surface area contributed by atoms with Gasteiger partial charge in [0.1, 0.15) is 0 Å². The Balaban J connectivity index is 1.79. The van der Waals surface area contributed by atoms with E-state index in [4.69, 9.17) is 0 Å². The van der Waals surface area contributed by atoms with Crippen molar-refractivity contribution >= 4 is 0 Å². The second-order valence-corrected chi connectivity index (χ2v) is 9.53. The van der Waals surface area contributed by atoms with Crippen molar-refractivity contribution in [1.29, 1.82) is 0 Å². The number of allylic oxidation sites excluding steroid dienone is 2. The molecule has 4 N–H and O–H groups in total. The smallest absolute Gasteiger partial charge is 0.0962 e. The zero-order chi connectivity index (χ0) is 18.2. The fraction of sp³-hybridized carbons (Fsp3) is 0.810. The van der Waals surface area contributed by atoms with Crippen molar-refractivity contribution in [3.63, 3.8) is 0 Å². The summed E-state index contributed by atoms with van der Waals surface area (Å²) in [5.41, 5.74) is 0.763. The summed E-state index contributed by atoms with van der Waals surface area (Å²) >= 11 is 0. The van der Waals surface area contributed by atoms with Crippen LogP contribution in [-0.4, -0.2) is 44.3 Å². The topological polar surface area (TPSA) is 80.9 Å². The minimum atomic E-state index is -1.14. The van der Waals surface area contributed by atoms with Crippen molar-refractivity contribution in [2.45, 2.75) is 83.2 Å². The molecule has 0 aromatic rings. The van der Waals surface area contributed by atoms with Crippen LogP contribution in [0.3, 0.4) is 0 Å². The van der Waals surface area contributed by atoms with Gasteiger partial charge in [-0.3, -0.25) is 0 Å². The minimum Gasteiger partial charge on any atom is -0.393 e. The summed E-state index contributed by atoms with van der Waals surface area (Å²) in [5, 5.41) is 42.7. The monoisotopic (exact) mass is 348 g/mol. The number of rotatable bonds is 1. The number of aliphatic hydroxyl groups is 4. The highest BCUT2D eigenvalue weighted by Gasteiger charge is 2.65. The predicted octanol–water partition coefficient (Wildman–Crippen LogP) is 2.31. The summed E-state index contributed by atoms with van der Waals surface area (Å²) in [6.45, 7) is 5.96. The maximum atomic E-state index is 11.2. The van der Waals surface area contributed by atoms with Crippen molar-refractivity contribution < 1.29 is 20.4 Å². The maximum absolute atomic E-state index is 11.2. The molecular weight excluding hydrogens is 316 g/mol. The highest BCUT2D eigenvalue weighted by Crippen LogP contribution is 2.66. The second kappa shape index (κ2) is 5.41. The summed E-state index contributed by atoms with van der Waals surface area (Å²) in [4.78, 5) is 0. The Kier molecular flexibility index (Phi) is 3.84. The molecule has 3 fully saturated rings. The standard InChI is InChI=1S/C21H32O4/c1-12(22)21(25)9-7-16-15-5-4-13-10-14(23)6-8-19(13,2)18(15)17(24)11-20(16,21)3/h4-5,12,14,16-18,22-25H,6-11H2,1-3H3/t12-,14+,16+,17+,18+,19-,20+,21+/m1/s1. The lowest BCUT2D eigenvalue weighted by Crippen LogP contribution is -2.59. The van der Waals surface area contributed by atoms with Crippen molar-refractivity contribution in [2.75, 3.05) is 0 Å². The maximum Gasteiger partial charge on any atom is 0.0962 e. The molecule has 3 saturated carbocycles. The average Bonchev–Trinajstić information content (AvgIpc) is 2.80.